The first-order valence-electron chi connectivity index (χ1n) is 8.10. The molecule has 5 heteroatoms. The van der Waals surface area contributed by atoms with Gasteiger partial charge in [-0.15, -0.1) is 0 Å². The fourth-order valence-electron chi connectivity index (χ4n) is 2.84. The van der Waals surface area contributed by atoms with E-state index in [0.29, 0.717) is 17.8 Å². The van der Waals surface area contributed by atoms with Crippen LogP contribution in [0.25, 0.3) is 17.0 Å². The van der Waals surface area contributed by atoms with Crippen LogP contribution in [0.2, 0.25) is 0 Å². The van der Waals surface area contributed by atoms with Crippen molar-refractivity contribution in [1.82, 2.24) is 14.6 Å². The molecule has 2 heterocycles. The van der Waals surface area contributed by atoms with Crippen molar-refractivity contribution in [2.75, 3.05) is 5.32 Å². The summed E-state index contributed by atoms with van der Waals surface area (Å²) in [5, 5.41) is 16.2. The zero-order valence-corrected chi connectivity index (χ0v) is 13.8. The van der Waals surface area contributed by atoms with E-state index in [4.69, 9.17) is 0 Å². The Kier molecular flexibility index (Phi) is 3.71. The molecule has 4 rings (SSSR count). The van der Waals surface area contributed by atoms with Crippen molar-refractivity contribution >= 4 is 11.3 Å². The van der Waals surface area contributed by atoms with Gasteiger partial charge in [0.1, 0.15) is 11.6 Å². The largest absolute Gasteiger partial charge is 0.381 e. The van der Waals surface area contributed by atoms with Crippen LogP contribution in [0.5, 0.6) is 0 Å². The second-order valence-corrected chi connectivity index (χ2v) is 5.99. The molecule has 0 spiro atoms. The average Bonchev–Trinajstić information content (AvgIpc) is 3.18. The summed E-state index contributed by atoms with van der Waals surface area (Å²) in [5.74, 6) is 0.758. The standard InChI is InChI=1S/C20H17N5/c1-14-7-9-15(10-8-14)19-23-20-18(11-21)16(13-25(20)24-19)12-22-17-5-3-2-4-6-17/h2-10,13,22H,12H2,1H3,(H,23,24). The van der Waals surface area contributed by atoms with Gasteiger partial charge in [0, 0.05) is 29.6 Å². The number of fused-ring (bicyclic) bond motifs is 1. The SMILES string of the molecule is Cc1ccc(-c2nc3c(C#N)c(CNc4ccccc4)cn3[nH]2)cc1. The lowest BCUT2D eigenvalue weighted by Crippen LogP contribution is -1.99. The summed E-state index contributed by atoms with van der Waals surface area (Å²) in [7, 11) is 0. The summed E-state index contributed by atoms with van der Waals surface area (Å²) in [4.78, 5) is 4.62. The molecule has 0 aliphatic heterocycles. The number of H-pyrrole nitrogens is 1. The molecule has 4 aromatic rings. The van der Waals surface area contributed by atoms with Gasteiger partial charge in [0.05, 0.1) is 0 Å². The van der Waals surface area contributed by atoms with Crippen LogP contribution in [-0.4, -0.2) is 14.6 Å². The van der Waals surface area contributed by atoms with Crippen LogP contribution in [-0.2, 0) is 6.54 Å². The third-order valence-corrected chi connectivity index (χ3v) is 4.20. The monoisotopic (exact) mass is 327 g/mol. The van der Waals surface area contributed by atoms with Crippen LogP contribution in [0.15, 0.2) is 60.8 Å². The van der Waals surface area contributed by atoms with Crippen molar-refractivity contribution in [3.8, 4) is 17.5 Å². The predicted octanol–water partition coefficient (Wildman–Crippen LogP) is 4.12. The fourth-order valence-corrected chi connectivity index (χ4v) is 2.84. The maximum absolute atomic E-state index is 9.57. The van der Waals surface area contributed by atoms with Gasteiger partial charge in [0.2, 0.25) is 0 Å². The lowest BCUT2D eigenvalue weighted by atomic mass is 10.1. The minimum Gasteiger partial charge on any atom is -0.381 e. The topological polar surface area (TPSA) is 68.9 Å². The number of nitrogens with zero attached hydrogens (tertiary/aromatic N) is 3. The molecule has 2 aromatic heterocycles. The Bertz CT molecular complexity index is 1050. The second kappa shape index (κ2) is 6.17. The van der Waals surface area contributed by atoms with Crippen LogP contribution in [0.1, 0.15) is 16.7 Å². The summed E-state index contributed by atoms with van der Waals surface area (Å²) in [5.41, 5.74) is 5.40. The molecule has 0 aliphatic carbocycles. The van der Waals surface area contributed by atoms with Gasteiger partial charge < -0.3 is 5.32 Å². The van der Waals surface area contributed by atoms with E-state index >= 15 is 0 Å². The fraction of sp³-hybridized carbons (Fsp3) is 0.100. The summed E-state index contributed by atoms with van der Waals surface area (Å²) in [6.07, 6.45) is 1.93. The molecule has 0 saturated carbocycles. The van der Waals surface area contributed by atoms with E-state index in [2.05, 4.69) is 28.4 Å². The molecule has 25 heavy (non-hydrogen) atoms. The number of hydrogen-bond acceptors (Lipinski definition) is 3. The van der Waals surface area contributed by atoms with E-state index in [9.17, 15) is 5.26 Å². The average molecular weight is 327 g/mol. The molecule has 122 valence electrons. The first-order valence-corrected chi connectivity index (χ1v) is 8.10. The van der Waals surface area contributed by atoms with Crippen molar-refractivity contribution in [2.24, 2.45) is 0 Å². The number of anilines is 1. The van der Waals surface area contributed by atoms with Crippen molar-refractivity contribution in [3.63, 3.8) is 0 Å². The van der Waals surface area contributed by atoms with Crippen molar-refractivity contribution in [1.29, 1.82) is 5.26 Å². The maximum atomic E-state index is 9.57. The van der Waals surface area contributed by atoms with Gasteiger partial charge in [-0.05, 0) is 19.1 Å². The van der Waals surface area contributed by atoms with E-state index in [1.807, 2.05) is 65.3 Å². The van der Waals surface area contributed by atoms with E-state index in [0.717, 1.165) is 22.6 Å². The number of aromatic nitrogens is 3. The molecule has 0 saturated heterocycles. The van der Waals surface area contributed by atoms with E-state index in [1.165, 1.54) is 5.56 Å². The Morgan fingerprint density at radius 2 is 1.88 bits per heavy atom. The molecule has 0 unspecified atom stereocenters. The number of hydrogen-bond donors (Lipinski definition) is 2. The van der Waals surface area contributed by atoms with Crippen LogP contribution in [0, 0.1) is 18.3 Å². The number of para-hydroxylation sites is 1. The van der Waals surface area contributed by atoms with Crippen LogP contribution < -0.4 is 5.32 Å². The molecule has 5 nitrogen and oxygen atoms in total. The van der Waals surface area contributed by atoms with E-state index in [-0.39, 0.29) is 0 Å². The number of aryl methyl sites for hydroxylation is 1. The maximum Gasteiger partial charge on any atom is 0.172 e. The lowest BCUT2D eigenvalue weighted by molar-refractivity contribution is 0.968. The number of nitrogens with one attached hydrogen (secondary N) is 2. The van der Waals surface area contributed by atoms with Gasteiger partial charge in [-0.2, -0.15) is 5.26 Å². The molecular formula is C20H17N5. The Morgan fingerprint density at radius 3 is 2.60 bits per heavy atom. The van der Waals surface area contributed by atoms with Crippen molar-refractivity contribution in [2.45, 2.75) is 13.5 Å². The van der Waals surface area contributed by atoms with Crippen molar-refractivity contribution < 1.29 is 0 Å². The number of aromatic amines is 1. The predicted molar refractivity (Wildman–Crippen MR) is 98.2 cm³/mol. The lowest BCUT2D eigenvalue weighted by Gasteiger charge is -2.04. The third kappa shape index (κ3) is 2.86. The number of rotatable bonds is 4. The molecule has 0 fully saturated rings. The van der Waals surface area contributed by atoms with Gasteiger partial charge in [-0.3, -0.25) is 5.10 Å². The van der Waals surface area contributed by atoms with Gasteiger partial charge in [-0.1, -0.05) is 48.0 Å². The zero-order valence-electron chi connectivity index (χ0n) is 13.8. The second-order valence-electron chi connectivity index (χ2n) is 5.99. The van der Waals surface area contributed by atoms with Crippen molar-refractivity contribution in [3.05, 3.63) is 77.5 Å². The molecule has 0 atom stereocenters. The molecule has 0 aliphatic rings. The van der Waals surface area contributed by atoms with Gasteiger partial charge in [0.15, 0.2) is 11.5 Å². The van der Waals surface area contributed by atoms with Gasteiger partial charge in [0.25, 0.3) is 0 Å². The highest BCUT2D eigenvalue weighted by Gasteiger charge is 2.15. The molecule has 2 N–H and O–H groups in total. The highest BCUT2D eigenvalue weighted by Crippen LogP contribution is 2.22. The normalized spacial score (nSPS) is 10.7. The van der Waals surface area contributed by atoms with Crippen LogP contribution in [0.4, 0.5) is 5.69 Å². The Hall–Kier alpha value is -3.52. The Morgan fingerprint density at radius 1 is 1.12 bits per heavy atom. The van der Waals surface area contributed by atoms with Gasteiger partial charge >= 0.3 is 0 Å². The number of nitriles is 1. The quantitative estimate of drug-likeness (QED) is 0.592. The van der Waals surface area contributed by atoms with Crippen LogP contribution >= 0.6 is 0 Å². The summed E-state index contributed by atoms with van der Waals surface area (Å²) in [6, 6.07) is 20.4. The third-order valence-electron chi connectivity index (χ3n) is 4.20. The first-order chi connectivity index (χ1) is 12.2. The van der Waals surface area contributed by atoms with Crippen LogP contribution in [0.3, 0.4) is 0 Å². The molecule has 0 bridgehead atoms. The minimum absolute atomic E-state index is 0.573. The summed E-state index contributed by atoms with van der Waals surface area (Å²) in [6.45, 7) is 2.63. The van der Waals surface area contributed by atoms with Gasteiger partial charge in [-0.25, -0.2) is 9.50 Å². The smallest absolute Gasteiger partial charge is 0.172 e. The molecule has 0 amide bonds. The van der Waals surface area contributed by atoms with E-state index in [1.54, 1.807) is 0 Å². The van der Waals surface area contributed by atoms with E-state index < -0.39 is 0 Å². The highest BCUT2D eigenvalue weighted by molar-refractivity contribution is 5.66. The Labute approximate surface area is 145 Å². The number of benzene rings is 2. The Balaban J connectivity index is 1.65. The highest BCUT2D eigenvalue weighted by atomic mass is 15.3. The summed E-state index contributed by atoms with van der Waals surface area (Å²) < 4.78 is 1.82. The molecule has 2 aromatic carbocycles. The molecular weight excluding hydrogens is 310 g/mol. The zero-order chi connectivity index (χ0) is 17.2. The minimum atomic E-state index is 0.573. The first kappa shape index (κ1) is 15.0. The molecule has 0 radical (unpaired) electrons. The summed E-state index contributed by atoms with van der Waals surface area (Å²) >= 11 is 0.